The second-order valence-corrected chi connectivity index (χ2v) is 4.76. The summed E-state index contributed by atoms with van der Waals surface area (Å²) in [7, 11) is 0. The van der Waals surface area contributed by atoms with Gasteiger partial charge in [0.05, 0.1) is 9.97 Å². The van der Waals surface area contributed by atoms with Gasteiger partial charge in [-0.1, -0.05) is 54.7 Å². The zero-order valence-electron chi connectivity index (χ0n) is 8.59. The van der Waals surface area contributed by atoms with E-state index in [2.05, 4.69) is 53.1 Å². The SMILES string of the molecule is CCC(=O)NC1C(CC)=CC=C[C@@H]1I. The van der Waals surface area contributed by atoms with E-state index in [9.17, 15) is 4.79 Å². The average molecular weight is 305 g/mol. The smallest absolute Gasteiger partial charge is 0.220 e. The van der Waals surface area contributed by atoms with Crippen LogP contribution in [0.5, 0.6) is 0 Å². The Morgan fingerprint density at radius 3 is 2.86 bits per heavy atom. The van der Waals surface area contributed by atoms with Crippen molar-refractivity contribution >= 4 is 28.5 Å². The van der Waals surface area contributed by atoms with Crippen LogP contribution in [-0.2, 0) is 4.79 Å². The standard InChI is InChI=1S/C11H16INO/c1-3-8-6-5-7-9(12)11(8)13-10(14)4-2/h5-7,9,11H,3-4H2,1-2H3,(H,13,14)/t9-,11?/m0/s1. The number of rotatable bonds is 3. The van der Waals surface area contributed by atoms with E-state index in [0.717, 1.165) is 6.42 Å². The van der Waals surface area contributed by atoms with Gasteiger partial charge in [0.15, 0.2) is 0 Å². The van der Waals surface area contributed by atoms with Crippen LogP contribution in [0.3, 0.4) is 0 Å². The van der Waals surface area contributed by atoms with E-state index in [4.69, 9.17) is 0 Å². The monoisotopic (exact) mass is 305 g/mol. The third-order valence-corrected chi connectivity index (χ3v) is 3.50. The van der Waals surface area contributed by atoms with Crippen molar-refractivity contribution in [3.63, 3.8) is 0 Å². The minimum atomic E-state index is 0.131. The van der Waals surface area contributed by atoms with Crippen LogP contribution in [0.4, 0.5) is 0 Å². The number of hydrogen-bond acceptors (Lipinski definition) is 1. The first-order chi connectivity index (χ1) is 6.69. The van der Waals surface area contributed by atoms with Crippen molar-refractivity contribution in [2.45, 2.75) is 36.7 Å². The summed E-state index contributed by atoms with van der Waals surface area (Å²) in [5.41, 5.74) is 1.31. The van der Waals surface area contributed by atoms with Crippen LogP contribution >= 0.6 is 22.6 Å². The summed E-state index contributed by atoms with van der Waals surface area (Å²) in [6.07, 6.45) is 7.86. The highest BCUT2D eigenvalue weighted by Gasteiger charge is 2.22. The highest BCUT2D eigenvalue weighted by atomic mass is 127. The Morgan fingerprint density at radius 1 is 1.57 bits per heavy atom. The third kappa shape index (κ3) is 2.83. The Kier molecular flexibility index (Phi) is 4.65. The van der Waals surface area contributed by atoms with Crippen molar-refractivity contribution in [3.05, 3.63) is 23.8 Å². The number of nitrogens with one attached hydrogen (secondary N) is 1. The summed E-state index contributed by atoms with van der Waals surface area (Å²) in [5.74, 6) is 0.131. The molecule has 1 aliphatic carbocycles. The molecule has 0 bridgehead atoms. The molecule has 1 amide bonds. The van der Waals surface area contributed by atoms with E-state index in [-0.39, 0.29) is 11.9 Å². The van der Waals surface area contributed by atoms with E-state index in [0.29, 0.717) is 10.3 Å². The lowest BCUT2D eigenvalue weighted by Gasteiger charge is -2.26. The van der Waals surface area contributed by atoms with Crippen LogP contribution in [-0.4, -0.2) is 15.9 Å². The first-order valence-corrected chi connectivity index (χ1v) is 6.24. The Balaban J connectivity index is 2.69. The molecule has 14 heavy (non-hydrogen) atoms. The zero-order valence-corrected chi connectivity index (χ0v) is 10.7. The molecule has 0 aliphatic heterocycles. The molecule has 1 aliphatic rings. The first-order valence-electron chi connectivity index (χ1n) is 4.99. The number of halogens is 1. The van der Waals surface area contributed by atoms with Crippen LogP contribution in [0.1, 0.15) is 26.7 Å². The van der Waals surface area contributed by atoms with Gasteiger partial charge in [0.1, 0.15) is 0 Å². The summed E-state index contributed by atoms with van der Waals surface area (Å²) >= 11 is 2.36. The summed E-state index contributed by atoms with van der Waals surface area (Å²) in [5, 5.41) is 3.05. The van der Waals surface area contributed by atoms with Crippen LogP contribution in [0.15, 0.2) is 23.8 Å². The van der Waals surface area contributed by atoms with Crippen LogP contribution < -0.4 is 5.32 Å². The number of carbonyl (C=O) groups is 1. The molecular weight excluding hydrogens is 289 g/mol. The summed E-state index contributed by atoms with van der Waals surface area (Å²) in [4.78, 5) is 11.3. The number of allylic oxidation sites excluding steroid dienone is 2. The molecule has 0 saturated heterocycles. The molecule has 78 valence electrons. The van der Waals surface area contributed by atoms with Gasteiger partial charge in [0.25, 0.3) is 0 Å². The van der Waals surface area contributed by atoms with Gasteiger partial charge in [-0.2, -0.15) is 0 Å². The number of amides is 1. The molecular formula is C11H16INO. The minimum Gasteiger partial charge on any atom is -0.348 e. The minimum absolute atomic E-state index is 0.131. The van der Waals surface area contributed by atoms with Crippen LogP contribution in [0.25, 0.3) is 0 Å². The summed E-state index contributed by atoms with van der Waals surface area (Å²) in [6.45, 7) is 4.00. The summed E-state index contributed by atoms with van der Waals surface area (Å²) < 4.78 is 0.378. The molecule has 0 aromatic carbocycles. The topological polar surface area (TPSA) is 29.1 Å². The normalized spacial score (nSPS) is 25.8. The van der Waals surface area contributed by atoms with Gasteiger partial charge < -0.3 is 5.32 Å². The van der Waals surface area contributed by atoms with Gasteiger partial charge in [-0.05, 0) is 12.0 Å². The van der Waals surface area contributed by atoms with E-state index in [1.807, 2.05) is 6.92 Å². The molecule has 2 nitrogen and oxygen atoms in total. The van der Waals surface area contributed by atoms with Crippen LogP contribution in [0, 0.1) is 0 Å². The maximum Gasteiger partial charge on any atom is 0.220 e. The first kappa shape index (κ1) is 11.8. The van der Waals surface area contributed by atoms with Crippen molar-refractivity contribution < 1.29 is 4.79 Å². The van der Waals surface area contributed by atoms with Gasteiger partial charge in [0, 0.05) is 6.42 Å². The molecule has 0 aromatic rings. The fraction of sp³-hybridized carbons (Fsp3) is 0.545. The van der Waals surface area contributed by atoms with Crippen molar-refractivity contribution in [3.8, 4) is 0 Å². The van der Waals surface area contributed by atoms with Crippen LogP contribution in [0.2, 0.25) is 0 Å². The predicted molar refractivity (Wildman–Crippen MR) is 67.5 cm³/mol. The fourth-order valence-corrected chi connectivity index (χ4v) is 2.37. The Labute approximate surface area is 99.0 Å². The maximum atomic E-state index is 11.3. The van der Waals surface area contributed by atoms with Gasteiger partial charge in [-0.15, -0.1) is 0 Å². The van der Waals surface area contributed by atoms with Gasteiger partial charge in [-0.25, -0.2) is 0 Å². The fourth-order valence-electron chi connectivity index (χ4n) is 1.49. The average Bonchev–Trinajstić information content (AvgIpc) is 2.20. The van der Waals surface area contributed by atoms with Crippen molar-refractivity contribution in [1.82, 2.24) is 5.32 Å². The quantitative estimate of drug-likeness (QED) is 0.630. The molecule has 3 heteroatoms. The van der Waals surface area contributed by atoms with E-state index in [1.54, 1.807) is 0 Å². The highest BCUT2D eigenvalue weighted by molar-refractivity contribution is 14.1. The van der Waals surface area contributed by atoms with Crippen molar-refractivity contribution in [2.75, 3.05) is 0 Å². The Hall–Kier alpha value is -0.320. The predicted octanol–water partition coefficient (Wildman–Crippen LogP) is 2.59. The lowest BCUT2D eigenvalue weighted by Crippen LogP contribution is -2.42. The van der Waals surface area contributed by atoms with Crippen molar-refractivity contribution in [2.24, 2.45) is 0 Å². The molecule has 0 aromatic heterocycles. The van der Waals surface area contributed by atoms with E-state index in [1.165, 1.54) is 5.57 Å². The molecule has 0 fully saturated rings. The lowest BCUT2D eigenvalue weighted by atomic mass is 9.96. The Bertz CT molecular complexity index is 270. The molecule has 1 N–H and O–H groups in total. The van der Waals surface area contributed by atoms with Gasteiger partial charge in [0.2, 0.25) is 5.91 Å². The second-order valence-electron chi connectivity index (χ2n) is 3.32. The Morgan fingerprint density at radius 2 is 2.29 bits per heavy atom. The zero-order chi connectivity index (χ0) is 10.6. The molecule has 2 atom stereocenters. The number of alkyl halides is 1. The maximum absolute atomic E-state index is 11.3. The van der Waals surface area contributed by atoms with E-state index < -0.39 is 0 Å². The van der Waals surface area contributed by atoms with Gasteiger partial charge in [-0.3, -0.25) is 4.79 Å². The van der Waals surface area contributed by atoms with Crippen molar-refractivity contribution in [1.29, 1.82) is 0 Å². The van der Waals surface area contributed by atoms with Gasteiger partial charge >= 0.3 is 0 Å². The number of hydrogen-bond donors (Lipinski definition) is 1. The lowest BCUT2D eigenvalue weighted by molar-refractivity contribution is -0.121. The molecule has 0 spiro atoms. The third-order valence-electron chi connectivity index (χ3n) is 2.37. The molecule has 1 unspecified atom stereocenters. The van der Waals surface area contributed by atoms with E-state index >= 15 is 0 Å². The second kappa shape index (κ2) is 5.53. The summed E-state index contributed by atoms with van der Waals surface area (Å²) in [6, 6.07) is 0.193. The molecule has 1 rings (SSSR count). The highest BCUT2D eigenvalue weighted by Crippen LogP contribution is 2.22. The largest absolute Gasteiger partial charge is 0.348 e. The number of carbonyl (C=O) groups excluding carboxylic acids is 1. The molecule has 0 radical (unpaired) electrons. The molecule has 0 heterocycles. The molecule has 0 saturated carbocycles.